The van der Waals surface area contributed by atoms with Crippen LogP contribution in [0.2, 0.25) is 0 Å². The average molecular weight is 334 g/mol. The number of hydrogen-bond donors (Lipinski definition) is 2. The average Bonchev–Trinajstić information content (AvgIpc) is 2.85. The molecule has 134 valence electrons. The van der Waals surface area contributed by atoms with Crippen LogP contribution >= 0.6 is 0 Å². The fourth-order valence-electron chi connectivity index (χ4n) is 3.27. The maximum Gasteiger partial charge on any atom is 0.146 e. The van der Waals surface area contributed by atoms with E-state index in [0.29, 0.717) is 18.7 Å². The molecule has 0 fully saturated rings. The summed E-state index contributed by atoms with van der Waals surface area (Å²) in [6.07, 6.45) is 5.07. The highest BCUT2D eigenvalue weighted by atomic mass is 16.5. The smallest absolute Gasteiger partial charge is 0.146 e. The van der Waals surface area contributed by atoms with Crippen LogP contribution in [0, 0.1) is 0 Å². The first kappa shape index (κ1) is 18.9. The molecule has 1 aromatic rings. The Bertz CT molecular complexity index is 601. The Morgan fingerprint density at radius 2 is 2.17 bits per heavy atom. The molecule has 5 nitrogen and oxygen atoms in total. The molecule has 0 saturated heterocycles. The molecule has 2 N–H and O–H groups in total. The van der Waals surface area contributed by atoms with Crippen LogP contribution in [0.25, 0.3) is 0 Å². The zero-order valence-corrected chi connectivity index (χ0v) is 15.3. The summed E-state index contributed by atoms with van der Waals surface area (Å²) in [7, 11) is 3.81. The summed E-state index contributed by atoms with van der Waals surface area (Å²) in [5, 5.41) is 21.1. The van der Waals surface area contributed by atoms with Crippen molar-refractivity contribution in [2.24, 2.45) is 0 Å². The van der Waals surface area contributed by atoms with E-state index >= 15 is 0 Å². The van der Waals surface area contributed by atoms with E-state index in [0.717, 1.165) is 36.8 Å². The Morgan fingerprint density at radius 1 is 1.46 bits per heavy atom. The highest BCUT2D eigenvalue weighted by Gasteiger charge is 2.38. The fourth-order valence-corrected chi connectivity index (χ4v) is 3.27. The number of pyridine rings is 1. The molecule has 2 atom stereocenters. The predicted molar refractivity (Wildman–Crippen MR) is 94.8 cm³/mol. The number of nitrogens with zero attached hydrogens (tertiary/aromatic N) is 2. The number of rotatable bonds is 8. The van der Waals surface area contributed by atoms with Gasteiger partial charge in [0.1, 0.15) is 17.5 Å². The molecule has 0 aromatic carbocycles. The SMILES string of the molecule is C=C(CN(C)C)C(O)c1ncc2c(c1O)COC2(C)CCCCC. The van der Waals surface area contributed by atoms with E-state index in [1.165, 1.54) is 0 Å². The minimum Gasteiger partial charge on any atom is -0.506 e. The molecule has 1 aliphatic rings. The first-order chi connectivity index (χ1) is 11.3. The van der Waals surface area contributed by atoms with Gasteiger partial charge in [-0.1, -0.05) is 32.8 Å². The van der Waals surface area contributed by atoms with Crippen LogP contribution in [-0.2, 0) is 16.9 Å². The summed E-state index contributed by atoms with van der Waals surface area (Å²) in [6, 6.07) is 0. The molecule has 1 aromatic heterocycles. The largest absolute Gasteiger partial charge is 0.506 e. The number of unbranched alkanes of at least 4 members (excludes halogenated alkanes) is 2. The third kappa shape index (κ3) is 3.79. The van der Waals surface area contributed by atoms with Crippen molar-refractivity contribution in [1.82, 2.24) is 9.88 Å². The highest BCUT2D eigenvalue weighted by Crippen LogP contribution is 2.45. The lowest BCUT2D eigenvalue weighted by Gasteiger charge is -2.25. The molecule has 2 rings (SSSR count). The van der Waals surface area contributed by atoms with Crippen LogP contribution in [0.15, 0.2) is 18.3 Å². The topological polar surface area (TPSA) is 65.8 Å². The van der Waals surface area contributed by atoms with E-state index in [1.807, 2.05) is 19.0 Å². The van der Waals surface area contributed by atoms with Gasteiger partial charge in [0, 0.05) is 23.9 Å². The number of ether oxygens (including phenoxy) is 1. The molecule has 0 spiro atoms. The van der Waals surface area contributed by atoms with Gasteiger partial charge in [-0.25, -0.2) is 0 Å². The number of aliphatic hydroxyl groups is 1. The molecule has 0 radical (unpaired) electrons. The summed E-state index contributed by atoms with van der Waals surface area (Å²) in [5.41, 5.74) is 2.15. The maximum absolute atomic E-state index is 10.6. The summed E-state index contributed by atoms with van der Waals surface area (Å²) in [5.74, 6) is 0.0409. The van der Waals surface area contributed by atoms with Crippen LogP contribution in [0.3, 0.4) is 0 Å². The summed E-state index contributed by atoms with van der Waals surface area (Å²) in [4.78, 5) is 6.26. The van der Waals surface area contributed by atoms with Gasteiger partial charge in [-0.15, -0.1) is 0 Å². The van der Waals surface area contributed by atoms with E-state index in [9.17, 15) is 10.2 Å². The van der Waals surface area contributed by atoms with E-state index < -0.39 is 11.7 Å². The molecular weight excluding hydrogens is 304 g/mol. The second-order valence-corrected chi connectivity index (χ2v) is 7.16. The van der Waals surface area contributed by atoms with Crippen molar-refractivity contribution in [2.75, 3.05) is 20.6 Å². The molecule has 0 saturated carbocycles. The third-order valence-electron chi connectivity index (χ3n) is 4.71. The molecule has 0 bridgehead atoms. The standard InChI is InChI=1S/C19H30N2O3/c1-6-7-8-9-19(3)15-10-20-16(18(23)14(15)12-24-19)17(22)13(2)11-21(4)5/h10,17,22-23H,2,6-9,11-12H2,1,3-5H3. The lowest BCUT2D eigenvalue weighted by molar-refractivity contribution is -0.0314. The molecule has 1 aliphatic heterocycles. The molecule has 0 aliphatic carbocycles. The monoisotopic (exact) mass is 334 g/mol. The van der Waals surface area contributed by atoms with Crippen molar-refractivity contribution in [3.8, 4) is 5.75 Å². The van der Waals surface area contributed by atoms with Gasteiger partial charge in [-0.05, 0) is 33.0 Å². The Labute approximate surface area is 145 Å². The van der Waals surface area contributed by atoms with Crippen molar-refractivity contribution in [3.05, 3.63) is 35.2 Å². The number of aromatic hydroxyl groups is 1. The first-order valence-electron chi connectivity index (χ1n) is 8.65. The van der Waals surface area contributed by atoms with Gasteiger partial charge in [0.05, 0.1) is 12.2 Å². The Morgan fingerprint density at radius 3 is 2.79 bits per heavy atom. The second-order valence-electron chi connectivity index (χ2n) is 7.16. The minimum atomic E-state index is -0.982. The third-order valence-corrected chi connectivity index (χ3v) is 4.71. The second kappa shape index (κ2) is 7.64. The van der Waals surface area contributed by atoms with Crippen LogP contribution in [-0.4, -0.2) is 40.7 Å². The molecular formula is C19H30N2O3. The Kier molecular flexibility index (Phi) is 6.01. The minimum absolute atomic E-state index is 0.0409. The van der Waals surface area contributed by atoms with Crippen molar-refractivity contribution < 1.29 is 14.9 Å². The lowest BCUT2D eigenvalue weighted by atomic mass is 9.89. The van der Waals surface area contributed by atoms with Crippen LogP contribution in [0.4, 0.5) is 0 Å². The number of hydrogen-bond acceptors (Lipinski definition) is 5. The highest BCUT2D eigenvalue weighted by molar-refractivity contribution is 5.47. The fraction of sp³-hybridized carbons (Fsp3) is 0.632. The molecule has 5 heteroatoms. The van der Waals surface area contributed by atoms with Crippen molar-refractivity contribution >= 4 is 0 Å². The van der Waals surface area contributed by atoms with Crippen LogP contribution in [0.5, 0.6) is 5.75 Å². The van der Waals surface area contributed by atoms with E-state index in [4.69, 9.17) is 4.74 Å². The summed E-state index contributed by atoms with van der Waals surface area (Å²) < 4.78 is 5.99. The Balaban J connectivity index is 2.24. The number of fused-ring (bicyclic) bond motifs is 1. The molecule has 2 heterocycles. The van der Waals surface area contributed by atoms with Gasteiger partial charge in [0.2, 0.25) is 0 Å². The number of likely N-dealkylation sites (N-methyl/N-ethyl adjacent to an activating group) is 1. The molecule has 2 unspecified atom stereocenters. The van der Waals surface area contributed by atoms with Gasteiger partial charge in [-0.3, -0.25) is 4.98 Å². The quantitative estimate of drug-likeness (QED) is 0.564. The molecule has 24 heavy (non-hydrogen) atoms. The lowest BCUT2D eigenvalue weighted by Crippen LogP contribution is -2.21. The van der Waals surface area contributed by atoms with Gasteiger partial charge in [0.25, 0.3) is 0 Å². The van der Waals surface area contributed by atoms with Gasteiger partial charge in [-0.2, -0.15) is 0 Å². The summed E-state index contributed by atoms with van der Waals surface area (Å²) in [6.45, 7) is 9.02. The van der Waals surface area contributed by atoms with Gasteiger partial charge in [0.15, 0.2) is 0 Å². The van der Waals surface area contributed by atoms with E-state index in [-0.39, 0.29) is 11.4 Å². The molecule has 0 amide bonds. The maximum atomic E-state index is 10.6. The van der Waals surface area contributed by atoms with Crippen LogP contribution < -0.4 is 0 Å². The normalized spacial score (nSPS) is 21.1. The van der Waals surface area contributed by atoms with Crippen molar-refractivity contribution in [2.45, 2.75) is 57.8 Å². The zero-order chi connectivity index (χ0) is 17.9. The van der Waals surface area contributed by atoms with Crippen molar-refractivity contribution in [1.29, 1.82) is 0 Å². The van der Waals surface area contributed by atoms with Gasteiger partial charge < -0.3 is 19.8 Å². The van der Waals surface area contributed by atoms with Crippen LogP contribution in [0.1, 0.15) is 62.5 Å². The van der Waals surface area contributed by atoms with E-state index in [1.54, 1.807) is 6.20 Å². The summed E-state index contributed by atoms with van der Waals surface area (Å²) >= 11 is 0. The zero-order valence-electron chi connectivity index (χ0n) is 15.3. The van der Waals surface area contributed by atoms with Crippen molar-refractivity contribution in [3.63, 3.8) is 0 Å². The number of aliphatic hydroxyl groups excluding tert-OH is 1. The number of aromatic nitrogens is 1. The Hall–Kier alpha value is -1.43. The first-order valence-corrected chi connectivity index (χ1v) is 8.65. The van der Waals surface area contributed by atoms with E-state index in [2.05, 4.69) is 25.4 Å². The van der Waals surface area contributed by atoms with Gasteiger partial charge >= 0.3 is 0 Å². The predicted octanol–water partition coefficient (Wildman–Crippen LogP) is 3.26.